The van der Waals surface area contributed by atoms with Crippen LogP contribution in [0.5, 0.6) is 5.75 Å². The number of hydrogen-bond acceptors (Lipinski definition) is 9. The third-order valence-electron chi connectivity index (χ3n) is 4.67. The number of halogens is 1. The zero-order chi connectivity index (χ0) is 19.8. The molecule has 1 aliphatic heterocycles. The molecule has 0 bridgehead atoms. The van der Waals surface area contributed by atoms with E-state index in [0.29, 0.717) is 22.5 Å². The van der Waals surface area contributed by atoms with Gasteiger partial charge < -0.3 is 30.5 Å². The van der Waals surface area contributed by atoms with Gasteiger partial charge in [-0.3, -0.25) is 4.57 Å². The summed E-state index contributed by atoms with van der Waals surface area (Å²) >= 11 is 0. The number of phenols is 1. The number of para-hydroxylation sites is 1. The minimum absolute atomic E-state index is 0.0937. The second kappa shape index (κ2) is 7.28. The van der Waals surface area contributed by atoms with Crippen molar-refractivity contribution in [2.24, 2.45) is 0 Å². The number of benzene rings is 1. The van der Waals surface area contributed by atoms with Crippen molar-refractivity contribution in [2.75, 3.05) is 11.9 Å². The molecule has 0 unspecified atom stereocenters. The highest BCUT2D eigenvalue weighted by Gasteiger charge is 2.44. The minimum atomic E-state index is -1.27. The molecule has 10 nitrogen and oxygen atoms in total. The number of imidazole rings is 1. The summed E-state index contributed by atoms with van der Waals surface area (Å²) in [5.74, 6) is -0.836. The average molecular weight is 391 g/mol. The van der Waals surface area contributed by atoms with Crippen LogP contribution in [0.25, 0.3) is 11.2 Å². The molecule has 0 spiro atoms. The number of aliphatic hydroxyl groups is 3. The van der Waals surface area contributed by atoms with E-state index >= 15 is 0 Å². The summed E-state index contributed by atoms with van der Waals surface area (Å²) in [5.41, 5.74) is 1.03. The lowest BCUT2D eigenvalue weighted by Gasteiger charge is -2.16. The van der Waals surface area contributed by atoms with Crippen molar-refractivity contribution < 1.29 is 29.6 Å². The molecule has 0 radical (unpaired) electrons. The predicted molar refractivity (Wildman–Crippen MR) is 93.7 cm³/mol. The Morgan fingerprint density at radius 3 is 2.75 bits per heavy atom. The summed E-state index contributed by atoms with van der Waals surface area (Å²) in [6, 6.07) is 4.21. The number of aromatic hydroxyl groups is 1. The SMILES string of the molecule is OC[C@H]1O[C@@H](n2cnc3c(NCc4cccc(F)c4O)ncnc32)[C@@H](O)[C@@H]1O. The largest absolute Gasteiger partial charge is 0.505 e. The summed E-state index contributed by atoms with van der Waals surface area (Å²) in [7, 11) is 0. The lowest BCUT2D eigenvalue weighted by molar-refractivity contribution is -0.0511. The molecular weight excluding hydrogens is 373 g/mol. The highest BCUT2D eigenvalue weighted by atomic mass is 19.1. The number of ether oxygens (including phenoxy) is 1. The van der Waals surface area contributed by atoms with Crippen LogP contribution >= 0.6 is 0 Å². The molecule has 2 aromatic heterocycles. The number of rotatable bonds is 5. The molecule has 1 saturated heterocycles. The van der Waals surface area contributed by atoms with Crippen LogP contribution in [0.3, 0.4) is 0 Å². The van der Waals surface area contributed by atoms with Gasteiger partial charge in [0.1, 0.15) is 24.6 Å². The molecule has 0 amide bonds. The van der Waals surface area contributed by atoms with Crippen molar-refractivity contribution >= 4 is 17.0 Å². The molecule has 148 valence electrons. The normalized spacial score (nSPS) is 24.7. The highest BCUT2D eigenvalue weighted by Crippen LogP contribution is 2.32. The number of phenolic OH excluding ortho intramolecular Hbond substituents is 1. The fourth-order valence-corrected chi connectivity index (χ4v) is 3.16. The summed E-state index contributed by atoms with van der Waals surface area (Å²) in [4.78, 5) is 12.5. The first-order valence-electron chi connectivity index (χ1n) is 8.51. The number of nitrogens with one attached hydrogen (secondary N) is 1. The third kappa shape index (κ3) is 3.03. The van der Waals surface area contributed by atoms with E-state index in [2.05, 4.69) is 20.3 Å². The first kappa shape index (κ1) is 18.5. The monoisotopic (exact) mass is 391 g/mol. The van der Waals surface area contributed by atoms with Gasteiger partial charge in [0.2, 0.25) is 0 Å². The minimum Gasteiger partial charge on any atom is -0.505 e. The van der Waals surface area contributed by atoms with Crippen LogP contribution in [0.4, 0.5) is 10.2 Å². The van der Waals surface area contributed by atoms with Crippen LogP contribution in [0, 0.1) is 5.82 Å². The van der Waals surface area contributed by atoms with Crippen LogP contribution in [0.1, 0.15) is 11.8 Å². The van der Waals surface area contributed by atoms with Gasteiger partial charge in [0.15, 0.2) is 34.8 Å². The van der Waals surface area contributed by atoms with Gasteiger partial charge >= 0.3 is 0 Å². The van der Waals surface area contributed by atoms with Gasteiger partial charge in [0, 0.05) is 12.1 Å². The van der Waals surface area contributed by atoms with E-state index in [9.17, 15) is 24.8 Å². The van der Waals surface area contributed by atoms with Gasteiger partial charge in [-0.15, -0.1) is 0 Å². The number of nitrogens with zero attached hydrogens (tertiary/aromatic N) is 4. The molecule has 11 heteroatoms. The maximum absolute atomic E-state index is 13.5. The van der Waals surface area contributed by atoms with E-state index in [4.69, 9.17) is 4.74 Å². The lowest BCUT2D eigenvalue weighted by Crippen LogP contribution is -2.33. The summed E-state index contributed by atoms with van der Waals surface area (Å²) in [6.07, 6.45) is -1.77. The molecule has 4 atom stereocenters. The van der Waals surface area contributed by atoms with Crippen molar-refractivity contribution in [3.05, 3.63) is 42.2 Å². The lowest BCUT2D eigenvalue weighted by atomic mass is 10.1. The number of anilines is 1. The quantitative estimate of drug-likeness (QED) is 0.402. The Hall–Kier alpha value is -2.86. The Bertz CT molecular complexity index is 999. The van der Waals surface area contributed by atoms with E-state index < -0.39 is 42.7 Å². The summed E-state index contributed by atoms with van der Waals surface area (Å²) < 4.78 is 20.4. The molecule has 5 N–H and O–H groups in total. The topological polar surface area (TPSA) is 146 Å². The highest BCUT2D eigenvalue weighted by molar-refractivity contribution is 5.82. The van der Waals surface area contributed by atoms with Crippen LogP contribution < -0.4 is 5.32 Å². The van der Waals surface area contributed by atoms with Crippen LogP contribution in [-0.2, 0) is 11.3 Å². The standard InChI is InChI=1S/C17H18FN5O5/c18-9-3-1-2-8(12(9)25)4-19-15-11-16(21-6-20-15)23(7-22-11)17-14(27)13(26)10(5-24)28-17/h1-3,6-7,10,13-14,17,24-27H,4-5H2,(H,19,20,21)/t10-,13-,14+,17-/m1/s1. The van der Waals surface area contributed by atoms with Crippen molar-refractivity contribution in [1.29, 1.82) is 0 Å². The average Bonchev–Trinajstić information content (AvgIpc) is 3.25. The maximum atomic E-state index is 13.5. The molecule has 1 aliphatic rings. The van der Waals surface area contributed by atoms with Gasteiger partial charge in [0.05, 0.1) is 12.9 Å². The van der Waals surface area contributed by atoms with Gasteiger partial charge in [0.25, 0.3) is 0 Å². The van der Waals surface area contributed by atoms with Crippen LogP contribution in [0.2, 0.25) is 0 Å². The number of aromatic nitrogens is 4. The third-order valence-corrected chi connectivity index (χ3v) is 4.67. The maximum Gasteiger partial charge on any atom is 0.167 e. The van der Waals surface area contributed by atoms with Crippen LogP contribution in [0.15, 0.2) is 30.9 Å². The molecule has 4 rings (SSSR count). The Morgan fingerprint density at radius 2 is 2.00 bits per heavy atom. The van der Waals surface area contributed by atoms with Gasteiger partial charge in [-0.25, -0.2) is 19.3 Å². The predicted octanol–water partition coefficient (Wildman–Crippen LogP) is -0.105. The summed E-state index contributed by atoms with van der Waals surface area (Å²) in [5, 5.41) is 42.2. The van der Waals surface area contributed by atoms with E-state index in [-0.39, 0.29) is 6.54 Å². The zero-order valence-corrected chi connectivity index (χ0v) is 14.5. The molecule has 1 aromatic carbocycles. The molecule has 3 heterocycles. The Morgan fingerprint density at radius 1 is 1.18 bits per heavy atom. The molecule has 3 aromatic rings. The zero-order valence-electron chi connectivity index (χ0n) is 14.5. The van der Waals surface area contributed by atoms with Gasteiger partial charge in [-0.05, 0) is 6.07 Å². The molecule has 0 saturated carbocycles. The molecule has 1 fully saturated rings. The smallest absolute Gasteiger partial charge is 0.167 e. The second-order valence-corrected chi connectivity index (χ2v) is 6.38. The number of aliphatic hydroxyl groups excluding tert-OH is 3. The van der Waals surface area contributed by atoms with Crippen molar-refractivity contribution in [3.8, 4) is 5.75 Å². The number of fused-ring (bicyclic) bond motifs is 1. The van der Waals surface area contributed by atoms with Crippen molar-refractivity contribution in [3.63, 3.8) is 0 Å². The van der Waals surface area contributed by atoms with Crippen LogP contribution in [-0.4, -0.2) is 64.9 Å². The fourth-order valence-electron chi connectivity index (χ4n) is 3.16. The molecule has 28 heavy (non-hydrogen) atoms. The van der Waals surface area contributed by atoms with E-state index in [1.54, 1.807) is 6.07 Å². The Labute approximate surface area is 157 Å². The Kier molecular flexibility index (Phi) is 4.81. The number of hydrogen-bond donors (Lipinski definition) is 5. The van der Waals surface area contributed by atoms with Crippen molar-refractivity contribution in [1.82, 2.24) is 19.5 Å². The van der Waals surface area contributed by atoms with Gasteiger partial charge in [-0.2, -0.15) is 0 Å². The molecule has 0 aliphatic carbocycles. The Balaban J connectivity index is 1.61. The fraction of sp³-hybridized carbons (Fsp3) is 0.353. The first-order chi connectivity index (χ1) is 13.5. The molecular formula is C17H18FN5O5. The van der Waals surface area contributed by atoms with E-state index in [1.165, 1.54) is 23.3 Å². The van der Waals surface area contributed by atoms with Gasteiger partial charge in [-0.1, -0.05) is 12.1 Å². The van der Waals surface area contributed by atoms with Crippen molar-refractivity contribution in [2.45, 2.75) is 31.1 Å². The van der Waals surface area contributed by atoms with E-state index in [1.807, 2.05) is 0 Å². The summed E-state index contributed by atoms with van der Waals surface area (Å²) in [6.45, 7) is -0.351. The van der Waals surface area contributed by atoms with E-state index in [0.717, 1.165) is 6.07 Å². The second-order valence-electron chi connectivity index (χ2n) is 6.38. The first-order valence-corrected chi connectivity index (χ1v) is 8.51.